The van der Waals surface area contributed by atoms with Gasteiger partial charge >= 0.3 is 0 Å². The van der Waals surface area contributed by atoms with Crippen LogP contribution >= 0.6 is 0 Å². The van der Waals surface area contributed by atoms with E-state index in [-0.39, 0.29) is 17.2 Å². The average molecular weight is 361 g/mol. The second-order valence-corrected chi connectivity index (χ2v) is 6.46. The van der Waals surface area contributed by atoms with Crippen LogP contribution < -0.4 is 5.56 Å². The summed E-state index contributed by atoms with van der Waals surface area (Å²) in [5.74, 6) is 0.616. The average Bonchev–Trinajstić information content (AvgIpc) is 3.05. The van der Waals surface area contributed by atoms with Gasteiger partial charge in [0.1, 0.15) is 11.3 Å². The van der Waals surface area contributed by atoms with Gasteiger partial charge in [-0.05, 0) is 12.1 Å². The van der Waals surface area contributed by atoms with Gasteiger partial charge in [-0.25, -0.2) is 5.10 Å². The summed E-state index contributed by atoms with van der Waals surface area (Å²) >= 11 is 0. The van der Waals surface area contributed by atoms with Gasteiger partial charge in [-0.3, -0.25) is 9.59 Å². The second-order valence-electron chi connectivity index (χ2n) is 6.46. The molecular weight excluding hydrogens is 342 g/mol. The van der Waals surface area contributed by atoms with E-state index in [2.05, 4.69) is 10.2 Å². The smallest absolute Gasteiger partial charge is 0.274 e. The van der Waals surface area contributed by atoms with E-state index in [9.17, 15) is 9.59 Å². The van der Waals surface area contributed by atoms with Gasteiger partial charge < -0.3 is 9.32 Å². The van der Waals surface area contributed by atoms with Crippen LogP contribution in [0.3, 0.4) is 0 Å². The van der Waals surface area contributed by atoms with Crippen molar-refractivity contribution in [1.82, 2.24) is 15.1 Å². The van der Waals surface area contributed by atoms with Crippen molar-refractivity contribution in [3.05, 3.63) is 75.9 Å². The highest BCUT2D eigenvalue weighted by molar-refractivity contribution is 6.04. The summed E-state index contributed by atoms with van der Waals surface area (Å²) < 4.78 is 5.92. The molecule has 0 aliphatic carbocycles. The molecule has 2 aromatic heterocycles. The molecule has 0 saturated carbocycles. The van der Waals surface area contributed by atoms with Crippen LogP contribution in [0.4, 0.5) is 0 Å². The summed E-state index contributed by atoms with van der Waals surface area (Å²) in [7, 11) is 1.73. The van der Waals surface area contributed by atoms with Crippen LogP contribution in [0.15, 0.2) is 57.7 Å². The molecule has 2 aromatic carbocycles. The Hall–Kier alpha value is -3.41. The molecule has 0 atom stereocenters. The van der Waals surface area contributed by atoms with Gasteiger partial charge in [0.15, 0.2) is 5.69 Å². The molecule has 0 aliphatic heterocycles. The zero-order chi connectivity index (χ0) is 19.0. The standard InChI is InChI=1S/C21H19N3O3/c1-3-17-16(13-8-6-7-11-18(13)27-17)12-24(2)21(26)19-14-9-4-5-10-15(14)20(25)23-22-19/h4-11H,3,12H2,1-2H3,(H,23,25). The van der Waals surface area contributed by atoms with Gasteiger partial charge in [0.2, 0.25) is 0 Å². The van der Waals surface area contributed by atoms with Crippen molar-refractivity contribution in [3.63, 3.8) is 0 Å². The first-order valence-corrected chi connectivity index (χ1v) is 8.82. The van der Waals surface area contributed by atoms with Crippen molar-refractivity contribution in [1.29, 1.82) is 0 Å². The summed E-state index contributed by atoms with van der Waals surface area (Å²) in [5, 5.41) is 8.43. The molecule has 0 aliphatic rings. The maximum Gasteiger partial charge on any atom is 0.274 e. The SMILES string of the molecule is CCc1oc2ccccc2c1CN(C)C(=O)c1n[nH]c(=O)c2ccccc12. The third-order valence-corrected chi connectivity index (χ3v) is 4.74. The molecule has 0 unspecified atom stereocenters. The first-order chi connectivity index (χ1) is 13.1. The molecule has 4 aromatic rings. The molecule has 0 saturated heterocycles. The van der Waals surface area contributed by atoms with Crippen molar-refractivity contribution in [2.24, 2.45) is 0 Å². The molecular formula is C21H19N3O3. The fraction of sp³-hybridized carbons (Fsp3) is 0.190. The van der Waals surface area contributed by atoms with E-state index in [1.54, 1.807) is 36.2 Å². The quantitative estimate of drug-likeness (QED) is 0.603. The number of H-pyrrole nitrogens is 1. The number of furan rings is 1. The number of nitrogens with zero attached hydrogens (tertiary/aromatic N) is 2. The highest BCUT2D eigenvalue weighted by Crippen LogP contribution is 2.27. The number of fused-ring (bicyclic) bond motifs is 2. The minimum absolute atomic E-state index is 0.235. The molecule has 0 fully saturated rings. The summed E-state index contributed by atoms with van der Waals surface area (Å²) in [5.41, 5.74) is 1.74. The summed E-state index contributed by atoms with van der Waals surface area (Å²) in [6.45, 7) is 2.42. The van der Waals surface area contributed by atoms with Crippen LogP contribution in [0, 0.1) is 0 Å². The van der Waals surface area contributed by atoms with Crippen molar-refractivity contribution >= 4 is 27.6 Å². The van der Waals surface area contributed by atoms with Gasteiger partial charge in [0.25, 0.3) is 11.5 Å². The van der Waals surface area contributed by atoms with E-state index in [4.69, 9.17) is 4.42 Å². The largest absolute Gasteiger partial charge is 0.461 e. The Labute approximate surface area is 155 Å². The van der Waals surface area contributed by atoms with Crippen LogP contribution in [0.25, 0.3) is 21.7 Å². The van der Waals surface area contributed by atoms with E-state index >= 15 is 0 Å². The van der Waals surface area contributed by atoms with E-state index in [0.717, 1.165) is 28.7 Å². The first kappa shape index (κ1) is 17.0. The summed E-state index contributed by atoms with van der Waals surface area (Å²) in [6.07, 6.45) is 0.742. The Morgan fingerprint density at radius 3 is 2.48 bits per heavy atom. The van der Waals surface area contributed by atoms with Gasteiger partial charge in [-0.15, -0.1) is 0 Å². The molecule has 1 N–H and O–H groups in total. The highest BCUT2D eigenvalue weighted by atomic mass is 16.3. The number of aromatic amines is 1. The molecule has 27 heavy (non-hydrogen) atoms. The number of carbonyl (C=O) groups excluding carboxylic acids is 1. The van der Waals surface area contributed by atoms with Crippen molar-refractivity contribution in [2.75, 3.05) is 7.05 Å². The van der Waals surface area contributed by atoms with Gasteiger partial charge in [-0.2, -0.15) is 5.10 Å². The lowest BCUT2D eigenvalue weighted by Gasteiger charge is -2.17. The predicted molar refractivity (Wildman–Crippen MR) is 104 cm³/mol. The van der Waals surface area contributed by atoms with Crippen LogP contribution in [-0.2, 0) is 13.0 Å². The zero-order valence-electron chi connectivity index (χ0n) is 15.2. The van der Waals surface area contributed by atoms with E-state index in [1.807, 2.05) is 31.2 Å². The Kier molecular flexibility index (Phi) is 4.24. The third-order valence-electron chi connectivity index (χ3n) is 4.74. The Balaban J connectivity index is 1.73. The number of benzene rings is 2. The number of aromatic nitrogens is 2. The van der Waals surface area contributed by atoms with Crippen molar-refractivity contribution in [2.45, 2.75) is 19.9 Å². The monoisotopic (exact) mass is 361 g/mol. The predicted octanol–water partition coefficient (Wildman–Crippen LogP) is 3.50. The molecule has 1 amide bonds. The fourth-order valence-electron chi connectivity index (χ4n) is 3.38. The number of rotatable bonds is 4. The van der Waals surface area contributed by atoms with Crippen LogP contribution in [0.2, 0.25) is 0 Å². The normalized spacial score (nSPS) is 11.2. The number of hydrogen-bond donors (Lipinski definition) is 1. The van der Waals surface area contributed by atoms with Gasteiger partial charge in [-0.1, -0.05) is 43.3 Å². The van der Waals surface area contributed by atoms with Crippen molar-refractivity contribution < 1.29 is 9.21 Å². The van der Waals surface area contributed by atoms with E-state index < -0.39 is 0 Å². The lowest BCUT2D eigenvalue weighted by molar-refractivity contribution is 0.0780. The summed E-state index contributed by atoms with van der Waals surface area (Å²) in [4.78, 5) is 26.6. The topological polar surface area (TPSA) is 79.2 Å². The number of hydrogen-bond acceptors (Lipinski definition) is 4. The van der Waals surface area contributed by atoms with Crippen LogP contribution in [0.5, 0.6) is 0 Å². The number of amides is 1. The molecule has 6 nitrogen and oxygen atoms in total. The Bertz CT molecular complexity index is 1210. The first-order valence-electron chi connectivity index (χ1n) is 8.82. The molecule has 0 spiro atoms. The summed E-state index contributed by atoms with van der Waals surface area (Å²) in [6, 6.07) is 14.8. The molecule has 4 rings (SSSR count). The van der Waals surface area contributed by atoms with Gasteiger partial charge in [0.05, 0.1) is 5.39 Å². The number of nitrogens with one attached hydrogen (secondary N) is 1. The second kappa shape index (κ2) is 6.72. The minimum Gasteiger partial charge on any atom is -0.461 e. The number of carbonyl (C=O) groups is 1. The van der Waals surface area contributed by atoms with E-state index in [1.165, 1.54) is 0 Å². The maximum atomic E-state index is 13.0. The fourth-order valence-corrected chi connectivity index (χ4v) is 3.38. The molecule has 0 radical (unpaired) electrons. The molecule has 2 heterocycles. The lowest BCUT2D eigenvalue weighted by atomic mass is 10.1. The number of aryl methyl sites for hydroxylation is 1. The Morgan fingerprint density at radius 1 is 1.07 bits per heavy atom. The van der Waals surface area contributed by atoms with E-state index in [0.29, 0.717) is 17.3 Å². The van der Waals surface area contributed by atoms with Crippen LogP contribution in [-0.4, -0.2) is 28.1 Å². The molecule has 6 heteroatoms. The molecule has 136 valence electrons. The van der Waals surface area contributed by atoms with Crippen molar-refractivity contribution in [3.8, 4) is 0 Å². The van der Waals surface area contributed by atoms with Gasteiger partial charge in [0, 0.05) is 36.3 Å². The number of para-hydroxylation sites is 1. The maximum absolute atomic E-state index is 13.0. The zero-order valence-corrected chi connectivity index (χ0v) is 15.2. The lowest BCUT2D eigenvalue weighted by Crippen LogP contribution is -2.29. The Morgan fingerprint density at radius 2 is 1.74 bits per heavy atom. The van der Waals surface area contributed by atoms with Crippen LogP contribution in [0.1, 0.15) is 28.7 Å². The highest BCUT2D eigenvalue weighted by Gasteiger charge is 2.21. The third kappa shape index (κ3) is 2.89. The minimum atomic E-state index is -0.307. The molecule has 0 bridgehead atoms.